The predicted octanol–water partition coefficient (Wildman–Crippen LogP) is 2.44. The molecule has 2 aliphatic heterocycles. The fourth-order valence-corrected chi connectivity index (χ4v) is 5.68. The Labute approximate surface area is 157 Å². The van der Waals surface area contributed by atoms with Gasteiger partial charge in [0.1, 0.15) is 4.83 Å². The lowest BCUT2D eigenvalue weighted by molar-refractivity contribution is 0.0383. The predicted molar refractivity (Wildman–Crippen MR) is 104 cm³/mol. The van der Waals surface area contributed by atoms with Crippen LogP contribution in [0, 0.1) is 6.92 Å². The molecule has 1 amide bonds. The molecule has 2 atom stereocenters. The van der Waals surface area contributed by atoms with Gasteiger partial charge in [0.05, 0.1) is 16.6 Å². The fourth-order valence-electron chi connectivity index (χ4n) is 4.59. The van der Waals surface area contributed by atoms with E-state index in [1.807, 2.05) is 6.92 Å². The Hall–Kier alpha value is -1.73. The summed E-state index contributed by atoms with van der Waals surface area (Å²) >= 11 is 1.36. The Balaban J connectivity index is 1.75. The van der Waals surface area contributed by atoms with Crippen LogP contribution in [0.3, 0.4) is 0 Å². The van der Waals surface area contributed by atoms with Crippen molar-refractivity contribution < 1.29 is 4.79 Å². The Morgan fingerprint density at radius 1 is 1.38 bits per heavy atom. The van der Waals surface area contributed by atoms with Crippen molar-refractivity contribution in [3.63, 3.8) is 0 Å². The van der Waals surface area contributed by atoms with Gasteiger partial charge in [0.25, 0.3) is 11.5 Å². The van der Waals surface area contributed by atoms with Crippen LogP contribution >= 0.6 is 11.3 Å². The molecule has 4 rings (SSSR count). The van der Waals surface area contributed by atoms with Crippen LogP contribution < -0.4 is 10.9 Å². The highest BCUT2D eigenvalue weighted by molar-refractivity contribution is 7.20. The minimum atomic E-state index is -0.0811. The Bertz CT molecular complexity index is 918. The number of aryl methyl sites for hydroxylation is 2. The number of fused-ring (bicyclic) bond motifs is 2. The molecule has 2 aromatic heterocycles. The molecular formula is C19H26N4O2S. The van der Waals surface area contributed by atoms with Gasteiger partial charge in [-0.2, -0.15) is 0 Å². The van der Waals surface area contributed by atoms with Gasteiger partial charge in [-0.25, -0.2) is 4.98 Å². The number of likely N-dealkylation sites (tertiary alicyclic amines) is 1. The minimum Gasteiger partial charge on any atom is -0.333 e. The largest absolute Gasteiger partial charge is 0.333 e. The molecule has 0 bridgehead atoms. The number of rotatable bonds is 1. The highest BCUT2D eigenvalue weighted by Gasteiger charge is 2.43. The average molecular weight is 375 g/mol. The first-order valence-corrected chi connectivity index (χ1v) is 10.2. The number of aromatic nitrogens is 2. The van der Waals surface area contributed by atoms with Crippen molar-refractivity contribution in [2.75, 3.05) is 13.1 Å². The van der Waals surface area contributed by atoms with Crippen molar-refractivity contribution in [3.8, 4) is 0 Å². The van der Waals surface area contributed by atoms with Crippen molar-refractivity contribution in [2.45, 2.75) is 57.5 Å². The SMILES string of the molecule is Cc1c(C(=O)N2CCC[C@]3(C)NCCCC[C@H]23)sc2ncn(C)c(=O)c12. The van der Waals surface area contributed by atoms with E-state index in [1.54, 1.807) is 7.05 Å². The van der Waals surface area contributed by atoms with Crippen LogP contribution in [0.25, 0.3) is 10.2 Å². The van der Waals surface area contributed by atoms with E-state index >= 15 is 0 Å². The number of carbonyl (C=O) groups excluding carboxylic acids is 1. The molecule has 2 saturated heterocycles. The maximum absolute atomic E-state index is 13.5. The Morgan fingerprint density at radius 3 is 3.00 bits per heavy atom. The van der Waals surface area contributed by atoms with Crippen LogP contribution in [-0.4, -0.2) is 45.0 Å². The van der Waals surface area contributed by atoms with Crippen LogP contribution in [0.5, 0.6) is 0 Å². The van der Waals surface area contributed by atoms with E-state index in [-0.39, 0.29) is 23.0 Å². The summed E-state index contributed by atoms with van der Waals surface area (Å²) in [6.45, 7) is 5.96. The van der Waals surface area contributed by atoms with Gasteiger partial charge in [-0.15, -0.1) is 11.3 Å². The van der Waals surface area contributed by atoms with Gasteiger partial charge in [-0.3, -0.25) is 9.59 Å². The first kappa shape index (κ1) is 17.7. The highest BCUT2D eigenvalue weighted by Crippen LogP contribution is 2.36. The second-order valence-electron chi connectivity index (χ2n) is 7.85. The summed E-state index contributed by atoms with van der Waals surface area (Å²) in [5.74, 6) is 0.0622. The van der Waals surface area contributed by atoms with Gasteiger partial charge >= 0.3 is 0 Å². The molecule has 26 heavy (non-hydrogen) atoms. The summed E-state index contributed by atoms with van der Waals surface area (Å²) in [5.41, 5.74) is 0.684. The lowest BCUT2D eigenvalue weighted by atomic mass is 9.81. The van der Waals surface area contributed by atoms with Crippen molar-refractivity contribution in [1.29, 1.82) is 0 Å². The third kappa shape index (κ3) is 2.68. The number of carbonyl (C=O) groups is 1. The molecule has 0 aromatic carbocycles. The first-order chi connectivity index (χ1) is 12.4. The second kappa shape index (κ2) is 6.46. The number of piperidine rings is 1. The van der Waals surface area contributed by atoms with Gasteiger partial charge in [0.2, 0.25) is 0 Å². The number of hydrogen-bond acceptors (Lipinski definition) is 5. The van der Waals surface area contributed by atoms with E-state index < -0.39 is 0 Å². The molecule has 7 heteroatoms. The highest BCUT2D eigenvalue weighted by atomic mass is 32.1. The first-order valence-electron chi connectivity index (χ1n) is 9.43. The standard InChI is InChI=1S/C19H26N4O2S/c1-12-14-16(20-11-22(3)17(14)24)26-15(12)18(25)23-10-6-8-19(2)13(23)7-4-5-9-21-19/h11,13,21H,4-10H2,1-3H3/t13-,19-/m0/s1. The molecule has 1 N–H and O–H groups in total. The van der Waals surface area contributed by atoms with E-state index in [0.29, 0.717) is 15.1 Å². The van der Waals surface area contributed by atoms with E-state index in [4.69, 9.17) is 0 Å². The molecule has 0 aliphatic carbocycles. The molecule has 0 saturated carbocycles. The number of nitrogens with one attached hydrogen (secondary N) is 1. The monoisotopic (exact) mass is 374 g/mol. The molecule has 4 heterocycles. The third-order valence-corrected chi connectivity index (χ3v) is 7.29. The van der Waals surface area contributed by atoms with Gasteiger partial charge in [-0.1, -0.05) is 6.42 Å². The average Bonchev–Trinajstić information content (AvgIpc) is 2.82. The summed E-state index contributed by atoms with van der Waals surface area (Å²) in [6, 6.07) is 0.214. The van der Waals surface area contributed by atoms with Crippen molar-refractivity contribution in [3.05, 3.63) is 27.1 Å². The number of hydrogen-bond donors (Lipinski definition) is 1. The Morgan fingerprint density at radius 2 is 2.19 bits per heavy atom. The molecule has 0 spiro atoms. The van der Waals surface area contributed by atoms with Gasteiger partial charge in [0.15, 0.2) is 0 Å². The summed E-state index contributed by atoms with van der Waals surface area (Å²) in [6.07, 6.45) is 6.99. The van der Waals surface area contributed by atoms with E-state index in [0.717, 1.165) is 50.8 Å². The maximum Gasteiger partial charge on any atom is 0.264 e. The quantitative estimate of drug-likeness (QED) is 0.833. The maximum atomic E-state index is 13.5. The van der Waals surface area contributed by atoms with Crippen molar-refractivity contribution >= 4 is 27.5 Å². The van der Waals surface area contributed by atoms with Crippen molar-refractivity contribution in [2.24, 2.45) is 7.05 Å². The lowest BCUT2D eigenvalue weighted by Gasteiger charge is -2.48. The topological polar surface area (TPSA) is 67.2 Å². The lowest BCUT2D eigenvalue weighted by Crippen LogP contribution is -2.62. The van der Waals surface area contributed by atoms with Crippen LogP contribution in [0.2, 0.25) is 0 Å². The summed E-state index contributed by atoms with van der Waals surface area (Å²) < 4.78 is 1.48. The van der Waals surface area contributed by atoms with Crippen LogP contribution in [0.4, 0.5) is 0 Å². The molecule has 0 unspecified atom stereocenters. The molecule has 2 fully saturated rings. The smallest absolute Gasteiger partial charge is 0.264 e. The number of nitrogens with zero attached hydrogens (tertiary/aromatic N) is 3. The second-order valence-corrected chi connectivity index (χ2v) is 8.85. The van der Waals surface area contributed by atoms with Gasteiger partial charge in [-0.05, 0) is 51.6 Å². The normalized spacial score (nSPS) is 26.6. The van der Waals surface area contributed by atoms with Gasteiger partial charge < -0.3 is 14.8 Å². The molecule has 6 nitrogen and oxygen atoms in total. The summed E-state index contributed by atoms with van der Waals surface area (Å²) in [5, 5.41) is 4.28. The van der Waals surface area contributed by atoms with E-state index in [9.17, 15) is 9.59 Å². The fraction of sp³-hybridized carbons (Fsp3) is 0.632. The van der Waals surface area contributed by atoms with Crippen molar-refractivity contribution in [1.82, 2.24) is 19.8 Å². The molecule has 2 aliphatic rings. The number of amides is 1. The zero-order valence-corrected chi connectivity index (χ0v) is 16.5. The van der Waals surface area contributed by atoms with Gasteiger partial charge in [0, 0.05) is 25.2 Å². The minimum absolute atomic E-state index is 0.0105. The molecule has 2 aromatic rings. The molecule has 0 radical (unpaired) electrons. The Kier molecular flexibility index (Phi) is 4.39. The van der Waals surface area contributed by atoms with E-state index in [2.05, 4.69) is 22.1 Å². The number of thiophene rings is 1. The van der Waals surface area contributed by atoms with Crippen LogP contribution in [-0.2, 0) is 7.05 Å². The van der Waals surface area contributed by atoms with E-state index in [1.165, 1.54) is 22.2 Å². The third-order valence-electron chi connectivity index (χ3n) is 6.11. The molecule has 140 valence electrons. The van der Waals surface area contributed by atoms with Crippen LogP contribution in [0.1, 0.15) is 54.3 Å². The molecular weight excluding hydrogens is 348 g/mol. The summed E-state index contributed by atoms with van der Waals surface area (Å²) in [4.78, 5) is 33.7. The zero-order chi connectivity index (χ0) is 18.5. The van der Waals surface area contributed by atoms with Crippen LogP contribution in [0.15, 0.2) is 11.1 Å². The zero-order valence-electron chi connectivity index (χ0n) is 15.7. The summed E-state index contributed by atoms with van der Waals surface area (Å²) in [7, 11) is 1.70.